The van der Waals surface area contributed by atoms with Crippen LogP contribution in [-0.2, 0) is 15.4 Å². The third-order valence-corrected chi connectivity index (χ3v) is 7.45. The fourth-order valence-electron chi connectivity index (χ4n) is 3.77. The molecular formula is C28H32N6O8S. The molecule has 0 aliphatic carbocycles. The summed E-state index contributed by atoms with van der Waals surface area (Å²) in [5.41, 5.74) is 0.523. The summed E-state index contributed by atoms with van der Waals surface area (Å²) < 4.78 is 46.8. The number of nitrogens with one attached hydrogen (secondary N) is 3. The third-order valence-electron chi connectivity index (χ3n) is 6.07. The van der Waals surface area contributed by atoms with Crippen LogP contribution in [0.4, 0.5) is 11.6 Å². The summed E-state index contributed by atoms with van der Waals surface area (Å²) in [7, 11) is -2.74. The van der Waals surface area contributed by atoms with Crippen LogP contribution in [0, 0.1) is 0 Å². The molecule has 0 fully saturated rings. The Morgan fingerprint density at radius 2 is 1.79 bits per heavy atom. The van der Waals surface area contributed by atoms with Crippen LogP contribution < -0.4 is 24.2 Å². The van der Waals surface area contributed by atoms with Gasteiger partial charge in [0.25, 0.3) is 15.9 Å². The molecule has 1 unspecified atom stereocenters. The molecule has 4 aromatic rings. The van der Waals surface area contributed by atoms with E-state index in [9.17, 15) is 23.4 Å². The van der Waals surface area contributed by atoms with Gasteiger partial charge in [0.15, 0.2) is 11.5 Å². The summed E-state index contributed by atoms with van der Waals surface area (Å²) in [5.74, 6) is -0.277. The van der Waals surface area contributed by atoms with Crippen molar-refractivity contribution in [2.75, 3.05) is 30.4 Å². The van der Waals surface area contributed by atoms with Crippen LogP contribution in [0.3, 0.4) is 0 Å². The zero-order valence-electron chi connectivity index (χ0n) is 23.9. The number of H-pyrrole nitrogens is 1. The lowest BCUT2D eigenvalue weighted by Gasteiger charge is -2.21. The smallest absolute Gasteiger partial charge is 0.262 e. The number of aromatic nitrogens is 4. The second-order valence-corrected chi connectivity index (χ2v) is 12.0. The molecule has 3 aromatic carbocycles. The number of rotatable bonds is 12. The van der Waals surface area contributed by atoms with Crippen molar-refractivity contribution in [3.8, 4) is 23.0 Å². The van der Waals surface area contributed by atoms with E-state index in [-0.39, 0.29) is 44.8 Å². The van der Waals surface area contributed by atoms with E-state index in [4.69, 9.17) is 14.2 Å². The zero-order chi connectivity index (χ0) is 31.2. The molecule has 0 bridgehead atoms. The number of ether oxygens (including phenoxy) is 3. The van der Waals surface area contributed by atoms with E-state index in [0.717, 1.165) is 5.56 Å². The van der Waals surface area contributed by atoms with Crippen molar-refractivity contribution in [1.82, 2.24) is 20.6 Å². The number of benzene rings is 3. The van der Waals surface area contributed by atoms with Gasteiger partial charge >= 0.3 is 0 Å². The predicted octanol–water partition coefficient (Wildman–Crippen LogP) is 3.08. The molecule has 15 heteroatoms. The molecule has 0 aliphatic heterocycles. The van der Waals surface area contributed by atoms with Gasteiger partial charge in [0.2, 0.25) is 5.95 Å². The summed E-state index contributed by atoms with van der Waals surface area (Å²) in [4.78, 5) is 13.1. The summed E-state index contributed by atoms with van der Waals surface area (Å²) in [5, 5.41) is 34.6. The Hall–Kier alpha value is -4.73. The number of sulfonamides is 1. The number of anilines is 2. The first kappa shape index (κ1) is 31.2. The van der Waals surface area contributed by atoms with Crippen LogP contribution in [0.15, 0.2) is 65.6 Å². The second kappa shape index (κ2) is 13.1. The van der Waals surface area contributed by atoms with Gasteiger partial charge in [-0.05, 0) is 57.8 Å². The Bertz CT molecular complexity index is 1660. The highest BCUT2D eigenvalue weighted by atomic mass is 32.2. The monoisotopic (exact) mass is 612 g/mol. The van der Waals surface area contributed by atoms with E-state index in [0.29, 0.717) is 5.75 Å². The molecule has 5 N–H and O–H groups in total. The minimum Gasteiger partial charge on any atom is -0.497 e. The Balaban J connectivity index is 1.82. The fraction of sp³-hybridized carbons (Fsp3) is 0.286. The molecule has 4 rings (SSSR count). The molecule has 228 valence electrons. The molecule has 0 radical (unpaired) electrons. The molecule has 0 saturated carbocycles. The topological polar surface area (TPSA) is 198 Å². The highest BCUT2D eigenvalue weighted by Crippen LogP contribution is 2.42. The quantitative estimate of drug-likeness (QED) is 0.158. The Morgan fingerprint density at radius 3 is 2.42 bits per heavy atom. The van der Waals surface area contributed by atoms with Crippen molar-refractivity contribution >= 4 is 27.6 Å². The minimum absolute atomic E-state index is 0.0337. The van der Waals surface area contributed by atoms with Gasteiger partial charge in [0, 0.05) is 11.6 Å². The predicted molar refractivity (Wildman–Crippen MR) is 156 cm³/mol. The van der Waals surface area contributed by atoms with Crippen molar-refractivity contribution in [2.24, 2.45) is 0 Å². The molecule has 1 aromatic heterocycles. The van der Waals surface area contributed by atoms with Gasteiger partial charge in [0.05, 0.1) is 24.3 Å². The SMILES string of the molecule is COc1cccc(Oc2c(NS(=O)(=O)c3ccc(C(C)(C)C)cc3)cc(C(=O)Nc3nnn[nH]3)cc2OCC(O)CO)c1. The maximum absolute atomic E-state index is 13.6. The maximum atomic E-state index is 13.6. The average molecular weight is 613 g/mol. The van der Waals surface area contributed by atoms with Crippen LogP contribution in [0.1, 0.15) is 36.7 Å². The van der Waals surface area contributed by atoms with Gasteiger partial charge in [0.1, 0.15) is 24.2 Å². The first-order chi connectivity index (χ1) is 20.4. The Kier molecular flexibility index (Phi) is 9.48. The number of aliphatic hydroxyl groups is 2. The van der Waals surface area contributed by atoms with E-state index in [1.54, 1.807) is 36.4 Å². The van der Waals surface area contributed by atoms with Gasteiger partial charge < -0.3 is 24.4 Å². The minimum atomic E-state index is -4.22. The first-order valence-electron chi connectivity index (χ1n) is 13.0. The summed E-state index contributed by atoms with van der Waals surface area (Å²) in [6.07, 6.45) is -1.27. The number of tetrazole rings is 1. The van der Waals surface area contributed by atoms with Crippen LogP contribution in [0.25, 0.3) is 0 Å². The molecule has 0 spiro atoms. The van der Waals surface area contributed by atoms with Crippen molar-refractivity contribution in [3.63, 3.8) is 0 Å². The molecule has 14 nitrogen and oxygen atoms in total. The highest BCUT2D eigenvalue weighted by Gasteiger charge is 2.25. The fourth-order valence-corrected chi connectivity index (χ4v) is 4.83. The van der Waals surface area contributed by atoms with Crippen LogP contribution in [-0.4, -0.2) is 71.6 Å². The van der Waals surface area contributed by atoms with Gasteiger partial charge in [-0.25, -0.2) is 13.5 Å². The number of nitrogens with zero attached hydrogens (tertiary/aromatic N) is 3. The number of carbonyl (C=O) groups excluding carboxylic acids is 1. The number of hydrogen-bond donors (Lipinski definition) is 5. The molecule has 0 saturated heterocycles. The second-order valence-electron chi connectivity index (χ2n) is 10.4. The number of aliphatic hydroxyl groups excluding tert-OH is 2. The Morgan fingerprint density at radius 1 is 1.07 bits per heavy atom. The van der Waals surface area contributed by atoms with Crippen molar-refractivity contribution in [3.05, 3.63) is 71.8 Å². The molecular weight excluding hydrogens is 580 g/mol. The third kappa shape index (κ3) is 7.97. The normalized spacial score (nSPS) is 12.3. The van der Waals surface area contributed by atoms with Crippen LogP contribution in [0.5, 0.6) is 23.0 Å². The van der Waals surface area contributed by atoms with Gasteiger partial charge in [-0.15, -0.1) is 0 Å². The van der Waals surface area contributed by atoms with Crippen molar-refractivity contribution in [1.29, 1.82) is 0 Å². The number of amides is 1. The maximum Gasteiger partial charge on any atom is 0.262 e. The lowest BCUT2D eigenvalue weighted by Crippen LogP contribution is -2.22. The lowest BCUT2D eigenvalue weighted by molar-refractivity contribution is 0.0529. The van der Waals surface area contributed by atoms with E-state index in [2.05, 4.69) is 30.7 Å². The first-order valence-corrected chi connectivity index (χ1v) is 14.5. The van der Waals surface area contributed by atoms with E-state index in [1.807, 2.05) is 20.8 Å². The summed E-state index contributed by atoms with van der Waals surface area (Å²) >= 11 is 0. The highest BCUT2D eigenvalue weighted by molar-refractivity contribution is 7.92. The van der Waals surface area contributed by atoms with E-state index >= 15 is 0 Å². The molecule has 1 heterocycles. The summed E-state index contributed by atoms with van der Waals surface area (Å²) in [6, 6.07) is 15.5. The van der Waals surface area contributed by atoms with Crippen LogP contribution >= 0.6 is 0 Å². The van der Waals surface area contributed by atoms with Crippen LogP contribution in [0.2, 0.25) is 0 Å². The molecule has 0 aliphatic rings. The summed E-state index contributed by atoms with van der Waals surface area (Å²) in [6.45, 7) is 5.03. The standard InChI is InChI=1S/C28H32N6O8S/c1-28(2,3)18-8-10-22(11-9-18)43(38,39)32-23-12-17(26(37)29-27-30-33-34-31-27)13-24(41-16-19(36)15-35)25(23)42-21-7-5-6-20(14-21)40-4/h5-14,19,32,35-36H,15-16H2,1-4H3,(H2,29,30,31,33,34,37). The zero-order valence-corrected chi connectivity index (χ0v) is 24.7. The number of aromatic amines is 1. The van der Waals surface area contributed by atoms with Gasteiger partial charge in [-0.3, -0.25) is 14.8 Å². The largest absolute Gasteiger partial charge is 0.497 e. The van der Waals surface area contributed by atoms with Gasteiger partial charge in [-0.1, -0.05) is 44.1 Å². The number of hydrogen-bond acceptors (Lipinski definition) is 11. The van der Waals surface area contributed by atoms with E-state index < -0.39 is 35.2 Å². The lowest BCUT2D eigenvalue weighted by atomic mass is 9.87. The van der Waals surface area contributed by atoms with Gasteiger partial charge in [-0.2, -0.15) is 0 Å². The Labute approximate surface area is 248 Å². The van der Waals surface area contributed by atoms with Crippen molar-refractivity contribution in [2.45, 2.75) is 37.2 Å². The number of methoxy groups -OCH3 is 1. The molecule has 1 amide bonds. The van der Waals surface area contributed by atoms with Crippen molar-refractivity contribution < 1.29 is 37.6 Å². The molecule has 1 atom stereocenters. The average Bonchev–Trinajstić information content (AvgIpc) is 3.49. The number of carbonyl (C=O) groups is 1. The molecule has 43 heavy (non-hydrogen) atoms. The van der Waals surface area contributed by atoms with E-state index in [1.165, 1.54) is 31.4 Å².